The molecule has 0 amide bonds. The molecule has 0 bridgehead atoms. The molecule has 0 aliphatic carbocycles. The predicted molar refractivity (Wildman–Crippen MR) is 45.7 cm³/mol. The summed E-state index contributed by atoms with van der Waals surface area (Å²) in [6.07, 6.45) is 0. The largest absolute Gasteiger partial charge is 0.744 e. The Bertz CT molecular complexity index is 570. The molecule has 0 aliphatic rings. The number of phenolic OH excluding ortho intramolecular Hbond substituents is 2. The number of benzene rings is 1. The lowest BCUT2D eigenvalue weighted by Crippen LogP contribution is -2.08. The fourth-order valence-electron chi connectivity index (χ4n) is 0.929. The molecule has 0 heterocycles. The van der Waals surface area contributed by atoms with E-state index in [4.69, 9.17) is 10.2 Å². The Balaban J connectivity index is 3.80. The van der Waals surface area contributed by atoms with Crippen molar-refractivity contribution in [3.05, 3.63) is 12.1 Å². The van der Waals surface area contributed by atoms with Gasteiger partial charge in [-0.2, -0.15) is 0 Å². The number of rotatable bonds is 2. The molecule has 0 aliphatic heterocycles. The first-order valence-electron chi connectivity index (χ1n) is 3.51. The van der Waals surface area contributed by atoms with E-state index in [1.54, 1.807) is 0 Å². The van der Waals surface area contributed by atoms with Crippen LogP contribution < -0.4 is 0 Å². The maximum absolute atomic E-state index is 10.6. The van der Waals surface area contributed by atoms with Crippen LogP contribution in [0.4, 0.5) is 0 Å². The summed E-state index contributed by atoms with van der Waals surface area (Å²) >= 11 is 0. The summed E-state index contributed by atoms with van der Waals surface area (Å²) in [4.78, 5) is -2.81. The average molecular weight is 268 g/mol. The van der Waals surface area contributed by atoms with Crippen molar-refractivity contribution in [3.63, 3.8) is 0 Å². The van der Waals surface area contributed by atoms with Gasteiger partial charge in [0, 0.05) is 12.1 Å². The highest BCUT2D eigenvalue weighted by molar-refractivity contribution is 7.89. The molecule has 0 saturated heterocycles. The van der Waals surface area contributed by atoms with E-state index in [0.717, 1.165) is 0 Å². The second kappa shape index (κ2) is 3.59. The predicted octanol–water partition coefficient (Wildman–Crippen LogP) is -1.09. The normalized spacial score (nSPS) is 12.6. The van der Waals surface area contributed by atoms with Crippen LogP contribution in [0.5, 0.6) is 11.5 Å². The first-order valence-corrected chi connectivity index (χ1v) is 6.33. The minimum Gasteiger partial charge on any atom is -0.744 e. The van der Waals surface area contributed by atoms with Gasteiger partial charge in [-0.25, -0.2) is 16.8 Å². The SMILES string of the molecule is O=S(=O)([O-])c1cc(O)c(O)cc1S(=O)(=O)[O-]. The molecule has 0 saturated carbocycles. The van der Waals surface area contributed by atoms with Crippen molar-refractivity contribution >= 4 is 20.2 Å². The van der Waals surface area contributed by atoms with Crippen molar-refractivity contribution in [2.75, 3.05) is 0 Å². The quantitative estimate of drug-likeness (QED) is 0.506. The fraction of sp³-hybridized carbons (Fsp3) is 0. The molecule has 2 N–H and O–H groups in total. The molecular weight excluding hydrogens is 264 g/mol. The Kier molecular flexibility index (Phi) is 2.85. The maximum atomic E-state index is 10.6. The molecule has 10 heteroatoms. The lowest BCUT2D eigenvalue weighted by Gasteiger charge is -2.16. The van der Waals surface area contributed by atoms with Crippen LogP contribution in [-0.4, -0.2) is 36.2 Å². The summed E-state index contributed by atoms with van der Waals surface area (Å²) in [7, 11) is -10.5. The molecule has 0 spiro atoms. The van der Waals surface area contributed by atoms with Crippen LogP contribution in [0.2, 0.25) is 0 Å². The monoisotopic (exact) mass is 268 g/mol. The van der Waals surface area contributed by atoms with Crippen molar-refractivity contribution in [2.24, 2.45) is 0 Å². The van der Waals surface area contributed by atoms with E-state index < -0.39 is 41.5 Å². The Hall–Kier alpha value is -1.36. The zero-order valence-electron chi connectivity index (χ0n) is 7.32. The molecular formula is C6H4O8S2-2. The summed E-state index contributed by atoms with van der Waals surface area (Å²) in [6.45, 7) is 0. The van der Waals surface area contributed by atoms with Crippen molar-refractivity contribution in [3.8, 4) is 11.5 Å². The number of aromatic hydroxyl groups is 2. The zero-order chi connectivity index (χ0) is 12.7. The fourth-order valence-corrected chi connectivity index (χ4v) is 2.66. The second-order valence-electron chi connectivity index (χ2n) is 2.70. The van der Waals surface area contributed by atoms with Gasteiger partial charge in [0.2, 0.25) is 0 Å². The Morgan fingerprint density at radius 1 is 0.812 bits per heavy atom. The van der Waals surface area contributed by atoms with E-state index in [2.05, 4.69) is 0 Å². The van der Waals surface area contributed by atoms with Crippen molar-refractivity contribution in [1.29, 1.82) is 0 Å². The minimum atomic E-state index is -5.26. The molecule has 16 heavy (non-hydrogen) atoms. The second-order valence-corrected chi connectivity index (χ2v) is 5.39. The molecule has 90 valence electrons. The van der Waals surface area contributed by atoms with Crippen LogP contribution in [-0.2, 0) is 20.2 Å². The molecule has 0 radical (unpaired) electrons. The van der Waals surface area contributed by atoms with Crippen LogP contribution in [0, 0.1) is 0 Å². The van der Waals surface area contributed by atoms with E-state index in [1.165, 1.54) is 0 Å². The van der Waals surface area contributed by atoms with Gasteiger partial charge >= 0.3 is 0 Å². The highest BCUT2D eigenvalue weighted by atomic mass is 32.2. The van der Waals surface area contributed by atoms with E-state index in [0.29, 0.717) is 0 Å². The summed E-state index contributed by atoms with van der Waals surface area (Å²) in [6, 6.07) is 0.394. The van der Waals surface area contributed by atoms with Gasteiger partial charge in [-0.1, -0.05) is 0 Å². The molecule has 1 rings (SSSR count). The zero-order valence-corrected chi connectivity index (χ0v) is 8.95. The van der Waals surface area contributed by atoms with Gasteiger partial charge in [0.05, 0.1) is 9.79 Å². The van der Waals surface area contributed by atoms with E-state index in [1.807, 2.05) is 0 Å². The van der Waals surface area contributed by atoms with Gasteiger partial charge in [0.1, 0.15) is 20.2 Å². The van der Waals surface area contributed by atoms with E-state index in [-0.39, 0.29) is 12.1 Å². The van der Waals surface area contributed by atoms with Crippen LogP contribution in [0.1, 0.15) is 0 Å². The summed E-state index contributed by atoms with van der Waals surface area (Å²) in [5.74, 6) is -2.05. The van der Waals surface area contributed by atoms with Crippen LogP contribution in [0.3, 0.4) is 0 Å². The van der Waals surface area contributed by atoms with Crippen LogP contribution in [0.15, 0.2) is 21.9 Å². The van der Waals surface area contributed by atoms with Crippen LogP contribution in [0.25, 0.3) is 0 Å². The van der Waals surface area contributed by atoms with Crippen LogP contribution >= 0.6 is 0 Å². The highest BCUT2D eigenvalue weighted by Gasteiger charge is 2.18. The molecule has 1 aromatic rings. The van der Waals surface area contributed by atoms with Gasteiger partial charge < -0.3 is 19.3 Å². The topological polar surface area (TPSA) is 155 Å². The van der Waals surface area contributed by atoms with E-state index in [9.17, 15) is 25.9 Å². The Labute approximate surface area is 90.3 Å². The van der Waals surface area contributed by atoms with Crippen molar-refractivity contribution in [1.82, 2.24) is 0 Å². The molecule has 0 atom stereocenters. The van der Waals surface area contributed by atoms with Gasteiger partial charge in [0.25, 0.3) is 0 Å². The standard InChI is InChI=1S/C6H6O8S2/c7-3-1-5(15(9,10)11)6(2-4(3)8)16(12,13)14/h1-2,7-8H,(H,9,10,11)(H,12,13,14)/p-2. The Morgan fingerprint density at radius 2 is 1.06 bits per heavy atom. The minimum absolute atomic E-state index is 0.197. The van der Waals surface area contributed by atoms with E-state index >= 15 is 0 Å². The highest BCUT2D eigenvalue weighted by Crippen LogP contribution is 2.32. The summed E-state index contributed by atoms with van der Waals surface area (Å²) in [5.41, 5.74) is 0. The average Bonchev–Trinajstić information content (AvgIpc) is 2.05. The third-order valence-corrected chi connectivity index (χ3v) is 3.46. The smallest absolute Gasteiger partial charge is 0.158 e. The Morgan fingerprint density at radius 3 is 1.25 bits per heavy atom. The lowest BCUT2D eigenvalue weighted by atomic mass is 10.3. The van der Waals surface area contributed by atoms with Gasteiger partial charge in [-0.05, 0) is 0 Å². The van der Waals surface area contributed by atoms with Crippen molar-refractivity contribution < 1.29 is 36.2 Å². The molecule has 1 aromatic carbocycles. The molecule has 8 nitrogen and oxygen atoms in total. The third-order valence-electron chi connectivity index (χ3n) is 1.58. The first kappa shape index (κ1) is 12.7. The number of hydrogen-bond acceptors (Lipinski definition) is 8. The lowest BCUT2D eigenvalue weighted by molar-refractivity contribution is 0.396. The number of phenols is 2. The summed E-state index contributed by atoms with van der Waals surface area (Å²) < 4.78 is 63.7. The van der Waals surface area contributed by atoms with Crippen molar-refractivity contribution in [2.45, 2.75) is 9.79 Å². The molecule has 0 aromatic heterocycles. The van der Waals surface area contributed by atoms with Gasteiger partial charge in [-0.15, -0.1) is 0 Å². The number of hydrogen-bond donors (Lipinski definition) is 2. The maximum Gasteiger partial charge on any atom is 0.158 e. The van der Waals surface area contributed by atoms with Gasteiger partial charge in [0.15, 0.2) is 11.5 Å². The molecule has 0 unspecified atom stereocenters. The molecule has 0 fully saturated rings. The first-order chi connectivity index (χ1) is 7.03. The third kappa shape index (κ3) is 2.41. The van der Waals surface area contributed by atoms with Gasteiger partial charge in [-0.3, -0.25) is 0 Å². The summed E-state index contributed by atoms with van der Waals surface area (Å²) in [5, 5.41) is 17.8.